The molecule has 142 valence electrons. The molecule has 0 spiro atoms. The van der Waals surface area contributed by atoms with Gasteiger partial charge in [0, 0.05) is 17.8 Å². The number of aromatic nitrogens is 2. The van der Waals surface area contributed by atoms with Gasteiger partial charge in [-0.3, -0.25) is 9.59 Å². The third kappa shape index (κ3) is 3.47. The topological polar surface area (TPSA) is 90.5 Å². The Kier molecular flexibility index (Phi) is 4.94. The molecule has 0 saturated carbocycles. The molecule has 0 unspecified atom stereocenters. The van der Waals surface area contributed by atoms with Gasteiger partial charge in [-0.25, -0.2) is 4.68 Å². The van der Waals surface area contributed by atoms with Crippen LogP contribution in [0.2, 0.25) is 0 Å². The van der Waals surface area contributed by atoms with Crippen LogP contribution in [-0.2, 0) is 22.4 Å². The van der Waals surface area contributed by atoms with Crippen molar-refractivity contribution in [3.63, 3.8) is 0 Å². The van der Waals surface area contributed by atoms with Gasteiger partial charge in [-0.1, -0.05) is 24.6 Å². The minimum absolute atomic E-state index is 0.141. The van der Waals surface area contributed by atoms with Crippen LogP contribution in [0.25, 0.3) is 5.69 Å². The molecule has 2 N–H and O–H groups in total. The second-order valence-corrected chi connectivity index (χ2v) is 7.09. The van der Waals surface area contributed by atoms with E-state index in [4.69, 9.17) is 15.6 Å². The summed E-state index contributed by atoms with van der Waals surface area (Å²) in [5.74, 6) is -0.682. The molecule has 7 heteroatoms. The van der Waals surface area contributed by atoms with E-state index in [9.17, 15) is 9.59 Å². The van der Waals surface area contributed by atoms with Crippen LogP contribution >= 0.6 is 0 Å². The summed E-state index contributed by atoms with van der Waals surface area (Å²) >= 11 is 0. The fourth-order valence-corrected chi connectivity index (χ4v) is 3.89. The summed E-state index contributed by atoms with van der Waals surface area (Å²) in [7, 11) is 0. The number of primary amides is 1. The molecular weight excluding hydrogens is 344 g/mol. The largest absolute Gasteiger partial charge is 0.367 e. The molecule has 4 rings (SSSR count). The Morgan fingerprint density at radius 2 is 1.89 bits per heavy atom. The smallest absolute Gasteiger partial charge is 0.274 e. The fraction of sp³-hybridized carbons (Fsp3) is 0.450. The van der Waals surface area contributed by atoms with Crippen molar-refractivity contribution in [2.45, 2.75) is 38.2 Å². The predicted molar refractivity (Wildman–Crippen MR) is 99.7 cm³/mol. The summed E-state index contributed by atoms with van der Waals surface area (Å²) in [6.45, 7) is 0.928. The average Bonchev–Trinajstić information content (AvgIpc) is 2.89. The molecule has 1 aliphatic carbocycles. The quantitative estimate of drug-likeness (QED) is 0.831. The first-order valence-electron chi connectivity index (χ1n) is 9.51. The van der Waals surface area contributed by atoms with Crippen molar-refractivity contribution in [3.8, 4) is 5.69 Å². The summed E-state index contributed by atoms with van der Waals surface area (Å²) < 4.78 is 7.29. The van der Waals surface area contributed by atoms with Gasteiger partial charge >= 0.3 is 0 Å². The van der Waals surface area contributed by atoms with E-state index in [1.165, 1.54) is 0 Å². The maximum atomic E-state index is 13.2. The van der Waals surface area contributed by atoms with Crippen molar-refractivity contribution >= 4 is 11.8 Å². The number of carbonyl (C=O) groups excluding carboxylic acids is 2. The van der Waals surface area contributed by atoms with Crippen molar-refractivity contribution in [2.24, 2.45) is 5.73 Å². The second kappa shape index (κ2) is 7.52. The highest BCUT2D eigenvalue weighted by molar-refractivity contribution is 5.95. The predicted octanol–water partition coefficient (Wildman–Crippen LogP) is 1.47. The third-order valence-electron chi connectivity index (χ3n) is 5.30. The number of hydrogen-bond donors (Lipinski definition) is 1. The number of morpholine rings is 1. The molecular formula is C20H24N4O3. The average molecular weight is 368 g/mol. The normalized spacial score (nSPS) is 20.0. The zero-order chi connectivity index (χ0) is 18.8. The summed E-state index contributed by atoms with van der Waals surface area (Å²) in [5.41, 5.74) is 9.00. The van der Waals surface area contributed by atoms with Gasteiger partial charge in [-0.2, -0.15) is 5.10 Å². The number of carbonyl (C=O) groups is 2. The van der Waals surface area contributed by atoms with Gasteiger partial charge in [-0.15, -0.1) is 0 Å². The molecule has 0 radical (unpaired) electrons. The molecule has 2 heterocycles. The lowest BCUT2D eigenvalue weighted by molar-refractivity contribution is -0.133. The highest BCUT2D eigenvalue weighted by Crippen LogP contribution is 2.27. The van der Waals surface area contributed by atoms with Crippen molar-refractivity contribution < 1.29 is 14.3 Å². The summed E-state index contributed by atoms with van der Waals surface area (Å²) in [4.78, 5) is 26.3. The minimum atomic E-state index is -0.752. The zero-order valence-corrected chi connectivity index (χ0v) is 15.3. The number of para-hydroxylation sites is 1. The number of nitrogens with zero attached hydrogens (tertiary/aromatic N) is 3. The van der Waals surface area contributed by atoms with Crippen molar-refractivity contribution in [1.29, 1.82) is 0 Å². The summed E-state index contributed by atoms with van der Waals surface area (Å²) in [5, 5.41) is 4.72. The summed E-state index contributed by atoms with van der Waals surface area (Å²) in [6.07, 6.45) is 4.32. The Morgan fingerprint density at radius 3 is 2.67 bits per heavy atom. The molecule has 1 aromatic heterocycles. The zero-order valence-electron chi connectivity index (χ0n) is 15.3. The number of amides is 2. The van der Waals surface area contributed by atoms with Gasteiger partial charge in [0.05, 0.1) is 18.8 Å². The van der Waals surface area contributed by atoms with Crippen LogP contribution in [-0.4, -0.2) is 52.3 Å². The number of ether oxygens (including phenoxy) is 1. The van der Waals surface area contributed by atoms with Gasteiger partial charge in [0.25, 0.3) is 5.91 Å². The number of hydrogen-bond acceptors (Lipinski definition) is 4. The molecule has 2 aliphatic rings. The van der Waals surface area contributed by atoms with Gasteiger partial charge in [0.15, 0.2) is 11.8 Å². The standard InChI is InChI=1S/C20H24N4O3/c21-19(25)17-13-23(11-12-27-17)20(26)18-15-9-5-2-6-10-16(15)24(22-18)14-7-3-1-4-8-14/h1,3-4,7-8,17H,2,5-6,9-13H2,(H2,21,25)/t17-/m1/s1. The number of nitrogens with two attached hydrogens (primary N) is 1. The highest BCUT2D eigenvalue weighted by Gasteiger charge is 2.32. The van der Waals surface area contributed by atoms with Crippen LogP contribution in [0.5, 0.6) is 0 Å². The van der Waals surface area contributed by atoms with Crippen molar-refractivity contribution in [2.75, 3.05) is 19.7 Å². The van der Waals surface area contributed by atoms with Crippen LogP contribution in [0.3, 0.4) is 0 Å². The van der Waals surface area contributed by atoms with Gasteiger partial charge in [0.2, 0.25) is 5.91 Å². The van der Waals surface area contributed by atoms with Crippen LogP contribution in [0, 0.1) is 0 Å². The van der Waals surface area contributed by atoms with E-state index in [0.29, 0.717) is 18.8 Å². The monoisotopic (exact) mass is 368 g/mol. The molecule has 1 atom stereocenters. The lowest BCUT2D eigenvalue weighted by Gasteiger charge is -2.31. The van der Waals surface area contributed by atoms with E-state index in [1.807, 2.05) is 35.0 Å². The maximum Gasteiger partial charge on any atom is 0.274 e. The molecule has 1 aliphatic heterocycles. The van der Waals surface area contributed by atoms with Crippen LogP contribution in [0.15, 0.2) is 30.3 Å². The highest BCUT2D eigenvalue weighted by atomic mass is 16.5. The van der Waals surface area contributed by atoms with E-state index in [2.05, 4.69) is 0 Å². The van der Waals surface area contributed by atoms with E-state index in [1.54, 1.807) is 4.90 Å². The molecule has 0 bridgehead atoms. The number of rotatable bonds is 3. The van der Waals surface area contributed by atoms with E-state index < -0.39 is 12.0 Å². The van der Waals surface area contributed by atoms with E-state index in [-0.39, 0.29) is 12.5 Å². The molecule has 27 heavy (non-hydrogen) atoms. The molecule has 7 nitrogen and oxygen atoms in total. The van der Waals surface area contributed by atoms with Crippen LogP contribution < -0.4 is 5.73 Å². The Bertz CT molecular complexity index is 846. The first-order chi connectivity index (χ1) is 13.1. The molecule has 2 aromatic rings. The maximum absolute atomic E-state index is 13.2. The first kappa shape index (κ1) is 17.7. The lowest BCUT2D eigenvalue weighted by atomic mass is 10.1. The summed E-state index contributed by atoms with van der Waals surface area (Å²) in [6, 6.07) is 9.92. The fourth-order valence-electron chi connectivity index (χ4n) is 3.89. The Labute approximate surface area is 158 Å². The van der Waals surface area contributed by atoms with Crippen molar-refractivity contribution in [3.05, 3.63) is 47.3 Å². The van der Waals surface area contributed by atoms with E-state index in [0.717, 1.165) is 49.0 Å². The van der Waals surface area contributed by atoms with E-state index >= 15 is 0 Å². The number of benzene rings is 1. The number of fused-ring (bicyclic) bond motifs is 1. The molecule has 1 aromatic carbocycles. The minimum Gasteiger partial charge on any atom is -0.367 e. The second-order valence-electron chi connectivity index (χ2n) is 7.09. The van der Waals surface area contributed by atoms with Gasteiger partial charge < -0.3 is 15.4 Å². The van der Waals surface area contributed by atoms with Gasteiger partial charge in [-0.05, 0) is 37.8 Å². The van der Waals surface area contributed by atoms with Crippen LogP contribution in [0.4, 0.5) is 0 Å². The van der Waals surface area contributed by atoms with Crippen molar-refractivity contribution in [1.82, 2.24) is 14.7 Å². The molecule has 1 saturated heterocycles. The van der Waals surface area contributed by atoms with Crippen LogP contribution in [0.1, 0.15) is 41.0 Å². The Balaban J connectivity index is 1.71. The Morgan fingerprint density at radius 1 is 1.11 bits per heavy atom. The SMILES string of the molecule is NC(=O)[C@H]1CN(C(=O)c2nn(-c3ccccc3)c3c2CCCCC3)CCO1. The first-order valence-corrected chi connectivity index (χ1v) is 9.51. The third-order valence-corrected chi connectivity index (χ3v) is 5.30. The molecule has 2 amide bonds. The Hall–Kier alpha value is -2.67. The lowest BCUT2D eigenvalue weighted by Crippen LogP contribution is -2.50. The molecule has 1 fully saturated rings. The van der Waals surface area contributed by atoms with Gasteiger partial charge in [0.1, 0.15) is 0 Å².